The van der Waals surface area contributed by atoms with Gasteiger partial charge >= 0.3 is 0 Å². The van der Waals surface area contributed by atoms with Crippen molar-refractivity contribution in [2.75, 3.05) is 26.7 Å². The number of ether oxygens (including phenoxy) is 2. The molecule has 5 fully saturated rings. The minimum atomic E-state index is -3.22. The molecule has 8 rings (SSSR count). The lowest BCUT2D eigenvalue weighted by Gasteiger charge is -2.33. The minimum Gasteiger partial charge on any atom is -0.497 e. The number of piperidine rings is 1. The van der Waals surface area contributed by atoms with E-state index in [1.807, 2.05) is 59.5 Å². The Morgan fingerprint density at radius 1 is 0.983 bits per heavy atom. The highest BCUT2D eigenvalue weighted by Gasteiger charge is 2.63. The van der Waals surface area contributed by atoms with Crippen molar-refractivity contribution in [2.45, 2.75) is 114 Å². The lowest BCUT2D eigenvalue weighted by Crippen LogP contribution is -2.57. The first-order valence-electron chi connectivity index (χ1n) is 21.8. The highest BCUT2D eigenvalue weighted by Crippen LogP contribution is 2.48. The molecule has 0 unspecified atom stereocenters. The topological polar surface area (TPSA) is 156 Å². The van der Waals surface area contributed by atoms with E-state index in [1.54, 1.807) is 18.1 Å². The zero-order valence-electron chi connectivity index (χ0n) is 34.5. The minimum absolute atomic E-state index is 0.0350. The number of amides is 4. The predicted molar refractivity (Wildman–Crippen MR) is 227 cm³/mol. The summed E-state index contributed by atoms with van der Waals surface area (Å²) in [6.07, 6.45) is 11.3. The molecule has 5 atom stereocenters. The van der Waals surface area contributed by atoms with E-state index in [0.29, 0.717) is 61.0 Å². The molecule has 3 aliphatic carbocycles. The molecule has 60 heavy (non-hydrogen) atoms. The van der Waals surface area contributed by atoms with Gasteiger partial charge in [-0.3, -0.25) is 19.2 Å². The number of benzene rings is 2. The second-order valence-corrected chi connectivity index (χ2v) is 18.4. The number of likely N-dealkylation sites (tertiary alicyclic amines) is 2. The third-order valence-electron chi connectivity index (χ3n) is 13.3. The number of methoxy groups -OCH3 is 1. The molecule has 320 valence electrons. The van der Waals surface area contributed by atoms with Crippen LogP contribution in [-0.2, 0) is 30.1 Å². The van der Waals surface area contributed by atoms with Gasteiger partial charge in [-0.05, 0) is 63.0 Å². The van der Waals surface area contributed by atoms with Gasteiger partial charge in [-0.25, -0.2) is 17.7 Å². The number of nitrogens with zero attached hydrogens (tertiary/aromatic N) is 4. The monoisotopic (exact) mass is 839 g/mol. The smallest absolute Gasteiger partial charge is 0.262 e. The highest BCUT2D eigenvalue weighted by atomic mass is 32.2. The van der Waals surface area contributed by atoms with Crippen molar-refractivity contribution >= 4 is 45.4 Å². The summed E-state index contributed by atoms with van der Waals surface area (Å²) in [6.45, 7) is 5.30. The lowest BCUT2D eigenvalue weighted by atomic mass is 9.81. The first-order chi connectivity index (χ1) is 29.1. The molecule has 1 N–H and O–H groups in total. The van der Waals surface area contributed by atoms with Crippen LogP contribution in [0.4, 0.5) is 0 Å². The number of carbonyl (C=O) groups excluding carboxylic acids is 4. The summed E-state index contributed by atoms with van der Waals surface area (Å²) >= 11 is 0. The van der Waals surface area contributed by atoms with Gasteiger partial charge in [-0.15, -0.1) is 6.58 Å². The van der Waals surface area contributed by atoms with Crippen LogP contribution in [0.25, 0.3) is 22.2 Å². The van der Waals surface area contributed by atoms with Crippen LogP contribution in [0.1, 0.15) is 89.9 Å². The van der Waals surface area contributed by atoms with Crippen molar-refractivity contribution in [1.29, 1.82) is 0 Å². The van der Waals surface area contributed by atoms with Crippen LogP contribution in [0.5, 0.6) is 11.5 Å². The highest BCUT2D eigenvalue weighted by molar-refractivity contribution is 7.70. The van der Waals surface area contributed by atoms with E-state index in [0.717, 1.165) is 66.6 Å². The zero-order chi connectivity index (χ0) is 42.0. The van der Waals surface area contributed by atoms with E-state index in [4.69, 9.17) is 14.5 Å². The number of hydrogen-bond acceptors (Lipinski definition) is 9. The number of carbonyl (C=O) groups is 4. The molecule has 4 amide bonds. The van der Waals surface area contributed by atoms with E-state index < -0.39 is 58.3 Å². The Morgan fingerprint density at radius 2 is 1.72 bits per heavy atom. The second kappa shape index (κ2) is 17.9. The molecule has 2 saturated heterocycles. The zero-order valence-corrected chi connectivity index (χ0v) is 35.4. The van der Waals surface area contributed by atoms with Crippen LogP contribution in [0.2, 0.25) is 0 Å². The van der Waals surface area contributed by atoms with E-state index in [1.165, 1.54) is 0 Å². The van der Waals surface area contributed by atoms with Crippen molar-refractivity contribution in [3.63, 3.8) is 0 Å². The van der Waals surface area contributed by atoms with Gasteiger partial charge in [-0.1, -0.05) is 68.5 Å². The summed E-state index contributed by atoms with van der Waals surface area (Å²) < 4.78 is 38.0. The summed E-state index contributed by atoms with van der Waals surface area (Å²) in [5.74, 6) is -1.19. The van der Waals surface area contributed by atoms with Crippen LogP contribution in [-0.4, -0.2) is 102 Å². The van der Waals surface area contributed by atoms with E-state index in [-0.39, 0.29) is 37.6 Å². The maximum absolute atomic E-state index is 15.1. The normalized spacial score (nSPS) is 24.8. The van der Waals surface area contributed by atoms with Crippen molar-refractivity contribution in [2.24, 2.45) is 17.8 Å². The van der Waals surface area contributed by atoms with Crippen LogP contribution >= 0.6 is 0 Å². The quantitative estimate of drug-likeness (QED) is 0.142. The van der Waals surface area contributed by atoms with Gasteiger partial charge in [0.15, 0.2) is 0 Å². The predicted octanol–water partition coefficient (Wildman–Crippen LogP) is 5.83. The Balaban J connectivity index is 1.13. The van der Waals surface area contributed by atoms with Gasteiger partial charge < -0.3 is 24.6 Å². The number of nitrogens with one attached hydrogen (secondary N) is 1. The number of pyridine rings is 1. The molecule has 14 heteroatoms. The summed E-state index contributed by atoms with van der Waals surface area (Å²) in [6, 6.07) is 15.7. The molecule has 3 aromatic rings. The molecule has 1 aromatic heterocycles. The second-order valence-electron chi connectivity index (χ2n) is 17.4. The van der Waals surface area contributed by atoms with E-state index in [9.17, 15) is 22.8 Å². The van der Waals surface area contributed by atoms with E-state index in [2.05, 4.69) is 11.9 Å². The molecular formula is C46H57N5O8S. The first kappa shape index (κ1) is 41.7. The van der Waals surface area contributed by atoms with Crippen LogP contribution in [0.3, 0.4) is 0 Å². The van der Waals surface area contributed by atoms with Gasteiger partial charge in [0.25, 0.3) is 5.91 Å². The lowest BCUT2D eigenvalue weighted by molar-refractivity contribution is -0.146. The van der Waals surface area contributed by atoms with Crippen LogP contribution < -0.4 is 14.8 Å². The molecule has 0 radical (unpaired) electrons. The van der Waals surface area contributed by atoms with Crippen molar-refractivity contribution < 1.29 is 37.1 Å². The van der Waals surface area contributed by atoms with Crippen molar-refractivity contribution in [1.82, 2.24) is 24.4 Å². The van der Waals surface area contributed by atoms with Gasteiger partial charge in [0.1, 0.15) is 29.2 Å². The fraction of sp³-hybridized carbons (Fsp3) is 0.543. The summed E-state index contributed by atoms with van der Waals surface area (Å²) in [5, 5.41) is 3.69. The molecule has 0 bridgehead atoms. The third kappa shape index (κ3) is 8.89. The summed E-state index contributed by atoms with van der Waals surface area (Å²) in [7, 11) is -1.63. The Labute approximate surface area is 353 Å². The molecular weight excluding hydrogens is 783 g/mol. The Bertz CT molecular complexity index is 2180. The SMILES string of the molecule is C=C[C@H]1C[C@]1(NC(=O)[C@@H]1C[C@@H](Oc2cc(-c3ccccc3)nc3cc(OC)ccc23)CN1C(=O)[C@H](CC(=O)N1CCCCC1)CC1CCCCC1)C(=O)N(C1CC1)[SH](=O)=O. The molecule has 2 aromatic carbocycles. The number of fused-ring (bicyclic) bond motifs is 1. The van der Waals surface area contributed by atoms with Crippen LogP contribution in [0.15, 0.2) is 67.3 Å². The number of hydrogen-bond donors (Lipinski definition) is 2. The van der Waals surface area contributed by atoms with Gasteiger partial charge in [0.2, 0.25) is 28.6 Å². The van der Waals surface area contributed by atoms with Crippen LogP contribution in [0, 0.1) is 17.8 Å². The Morgan fingerprint density at radius 3 is 2.38 bits per heavy atom. The van der Waals surface area contributed by atoms with E-state index >= 15 is 4.79 Å². The number of rotatable bonds is 15. The molecule has 0 spiro atoms. The van der Waals surface area contributed by atoms with Gasteiger partial charge in [0, 0.05) is 66.9 Å². The van der Waals surface area contributed by atoms with Gasteiger partial charge in [0.05, 0.1) is 24.9 Å². The summed E-state index contributed by atoms with van der Waals surface area (Å²) in [5.41, 5.74) is 0.724. The van der Waals surface area contributed by atoms with Crippen molar-refractivity contribution in [3.05, 3.63) is 67.3 Å². The Kier molecular flexibility index (Phi) is 12.5. The van der Waals surface area contributed by atoms with Gasteiger partial charge in [-0.2, -0.15) is 0 Å². The standard InChI is InChI=1S/C46H57N5O8S/c1-3-33-28-46(33,45(55)51(60(56)57)34-17-18-34)48-43(53)40-26-36(59-41-27-38(31-15-9-5-10-16-31)47-39-25-35(58-2)19-20-37(39)41)29-50(40)44(54)32(23-30-13-7-4-8-14-30)24-42(52)49-21-11-6-12-22-49/h3,5,9-10,15-16,19-20,25,27,30,32-34,36,40,60H,1,4,6-8,11-14,17-18,21-24,26,28-29H2,2H3,(H,48,53)/t32-,33-,36+,40-,46+/m0/s1. The maximum Gasteiger partial charge on any atom is 0.262 e. The summed E-state index contributed by atoms with van der Waals surface area (Å²) in [4.78, 5) is 66.1. The van der Waals surface area contributed by atoms with Crippen molar-refractivity contribution in [3.8, 4) is 22.8 Å². The molecule has 5 aliphatic rings. The average Bonchev–Trinajstić information content (AvgIpc) is 4.20. The Hall–Kier alpha value is -4.98. The average molecular weight is 840 g/mol. The fourth-order valence-electron chi connectivity index (χ4n) is 9.74. The number of thiol groups is 1. The molecule has 13 nitrogen and oxygen atoms in total. The first-order valence-corrected chi connectivity index (χ1v) is 22.9. The maximum atomic E-state index is 15.1. The largest absolute Gasteiger partial charge is 0.497 e. The number of aromatic nitrogens is 1. The third-order valence-corrected chi connectivity index (χ3v) is 14.2. The molecule has 2 aliphatic heterocycles. The fourth-order valence-corrected chi connectivity index (χ4v) is 10.6. The molecule has 3 saturated carbocycles. The molecule has 3 heterocycles.